The third-order valence-electron chi connectivity index (χ3n) is 3.93. The Bertz CT molecular complexity index is 680. The van der Waals surface area contributed by atoms with E-state index in [1.165, 1.54) is 6.20 Å². The predicted octanol–water partition coefficient (Wildman–Crippen LogP) is 1.34. The van der Waals surface area contributed by atoms with Crippen molar-refractivity contribution in [2.45, 2.75) is 33.0 Å². The summed E-state index contributed by atoms with van der Waals surface area (Å²) in [6, 6.07) is -0.102. The molecular formula is C15H19N5O2. The van der Waals surface area contributed by atoms with Gasteiger partial charge in [0.15, 0.2) is 0 Å². The van der Waals surface area contributed by atoms with Crippen LogP contribution in [0.1, 0.15) is 40.7 Å². The molecule has 0 spiro atoms. The Kier molecular flexibility index (Phi) is 3.89. The van der Waals surface area contributed by atoms with Crippen LogP contribution in [0.25, 0.3) is 0 Å². The number of carbonyl (C=O) groups excluding carboxylic acids is 1. The number of imidazole rings is 1. The predicted molar refractivity (Wildman–Crippen MR) is 79.2 cm³/mol. The molecule has 0 saturated carbocycles. The minimum Gasteiger partial charge on any atom is -0.378 e. The van der Waals surface area contributed by atoms with Gasteiger partial charge in [0.05, 0.1) is 36.4 Å². The summed E-state index contributed by atoms with van der Waals surface area (Å²) in [5.74, 6) is 0.772. The largest absolute Gasteiger partial charge is 0.378 e. The standard InChI is InChI=1S/C15H19N5O2/c1-10-6-17-13(8-16-10)15(21)19-4-5-20-12(9-22-3)7-18-14(20)11(19)2/h6-8,11H,4-5,9H2,1-3H3. The van der Waals surface area contributed by atoms with Crippen LogP contribution in [0, 0.1) is 6.92 Å². The lowest BCUT2D eigenvalue weighted by Crippen LogP contribution is -2.42. The summed E-state index contributed by atoms with van der Waals surface area (Å²) >= 11 is 0. The molecule has 1 atom stereocenters. The van der Waals surface area contributed by atoms with Crippen molar-refractivity contribution >= 4 is 5.91 Å². The molecule has 0 aliphatic carbocycles. The van der Waals surface area contributed by atoms with Crippen LogP contribution >= 0.6 is 0 Å². The van der Waals surface area contributed by atoms with Crippen molar-refractivity contribution in [3.05, 3.63) is 41.5 Å². The molecule has 3 rings (SSSR count). The van der Waals surface area contributed by atoms with Crippen LogP contribution in [0.2, 0.25) is 0 Å². The topological polar surface area (TPSA) is 73.1 Å². The molecule has 1 aliphatic rings. The van der Waals surface area contributed by atoms with Crippen molar-refractivity contribution in [3.63, 3.8) is 0 Å². The van der Waals surface area contributed by atoms with Crippen molar-refractivity contribution in [3.8, 4) is 0 Å². The van der Waals surface area contributed by atoms with Crippen LogP contribution in [0.15, 0.2) is 18.6 Å². The van der Waals surface area contributed by atoms with Gasteiger partial charge in [-0.15, -0.1) is 0 Å². The number of methoxy groups -OCH3 is 1. The van der Waals surface area contributed by atoms with E-state index in [1.54, 1.807) is 18.2 Å². The van der Waals surface area contributed by atoms with Gasteiger partial charge in [-0.2, -0.15) is 0 Å². The molecule has 0 saturated heterocycles. The van der Waals surface area contributed by atoms with Crippen LogP contribution in [-0.2, 0) is 17.9 Å². The Labute approximate surface area is 129 Å². The Morgan fingerprint density at radius 1 is 1.27 bits per heavy atom. The van der Waals surface area contributed by atoms with Gasteiger partial charge >= 0.3 is 0 Å². The van der Waals surface area contributed by atoms with Gasteiger partial charge in [0, 0.05) is 26.4 Å². The lowest BCUT2D eigenvalue weighted by molar-refractivity contribution is 0.0626. The molecule has 7 heteroatoms. The molecular weight excluding hydrogens is 282 g/mol. The van der Waals surface area contributed by atoms with Crippen molar-refractivity contribution in [2.75, 3.05) is 13.7 Å². The number of fused-ring (bicyclic) bond motifs is 1. The number of amides is 1. The van der Waals surface area contributed by atoms with E-state index in [1.807, 2.05) is 20.0 Å². The summed E-state index contributed by atoms with van der Waals surface area (Å²) in [5, 5.41) is 0. The number of nitrogens with zero attached hydrogens (tertiary/aromatic N) is 5. The fourth-order valence-electron chi connectivity index (χ4n) is 2.75. The lowest BCUT2D eigenvalue weighted by atomic mass is 10.2. The highest BCUT2D eigenvalue weighted by atomic mass is 16.5. The van der Waals surface area contributed by atoms with Crippen LogP contribution in [0.4, 0.5) is 0 Å². The normalized spacial score (nSPS) is 17.4. The molecule has 0 aromatic carbocycles. The molecule has 2 aromatic heterocycles. The zero-order valence-corrected chi connectivity index (χ0v) is 13.0. The second-order valence-corrected chi connectivity index (χ2v) is 5.41. The number of aromatic nitrogens is 4. The number of carbonyl (C=O) groups is 1. The van der Waals surface area contributed by atoms with Crippen LogP contribution < -0.4 is 0 Å². The first kappa shape index (κ1) is 14.6. The average molecular weight is 301 g/mol. The first-order valence-corrected chi connectivity index (χ1v) is 7.24. The smallest absolute Gasteiger partial charge is 0.274 e. The number of rotatable bonds is 3. The van der Waals surface area contributed by atoms with E-state index in [2.05, 4.69) is 19.5 Å². The second kappa shape index (κ2) is 5.84. The van der Waals surface area contributed by atoms with Crippen molar-refractivity contribution in [2.24, 2.45) is 0 Å². The lowest BCUT2D eigenvalue weighted by Gasteiger charge is -2.34. The van der Waals surface area contributed by atoms with Gasteiger partial charge in [0.2, 0.25) is 0 Å². The van der Waals surface area contributed by atoms with Crippen molar-refractivity contribution in [1.29, 1.82) is 0 Å². The number of ether oxygens (including phenoxy) is 1. The zero-order valence-electron chi connectivity index (χ0n) is 13.0. The highest BCUT2D eigenvalue weighted by Gasteiger charge is 2.31. The van der Waals surface area contributed by atoms with Gasteiger partial charge in [0.1, 0.15) is 11.5 Å². The van der Waals surface area contributed by atoms with Gasteiger partial charge in [-0.25, -0.2) is 9.97 Å². The van der Waals surface area contributed by atoms with E-state index in [-0.39, 0.29) is 11.9 Å². The minimum atomic E-state index is -0.109. The second-order valence-electron chi connectivity index (χ2n) is 5.41. The summed E-state index contributed by atoms with van der Waals surface area (Å²) in [4.78, 5) is 27.2. The first-order chi connectivity index (χ1) is 10.6. The quantitative estimate of drug-likeness (QED) is 0.855. The maximum absolute atomic E-state index is 12.6. The third-order valence-corrected chi connectivity index (χ3v) is 3.93. The Balaban J connectivity index is 1.84. The highest BCUT2D eigenvalue weighted by molar-refractivity contribution is 5.92. The minimum absolute atomic E-state index is 0.102. The van der Waals surface area contributed by atoms with Gasteiger partial charge in [-0.05, 0) is 13.8 Å². The fourth-order valence-corrected chi connectivity index (χ4v) is 2.75. The molecule has 0 bridgehead atoms. The molecule has 2 aromatic rings. The molecule has 1 amide bonds. The summed E-state index contributed by atoms with van der Waals surface area (Å²) in [7, 11) is 1.66. The number of aryl methyl sites for hydroxylation is 1. The van der Waals surface area contributed by atoms with E-state index in [0.717, 1.165) is 17.2 Å². The molecule has 0 N–H and O–H groups in total. The van der Waals surface area contributed by atoms with E-state index >= 15 is 0 Å². The van der Waals surface area contributed by atoms with Crippen LogP contribution in [0.3, 0.4) is 0 Å². The Hall–Kier alpha value is -2.28. The summed E-state index contributed by atoms with van der Waals surface area (Å²) in [5.41, 5.74) is 2.20. The third kappa shape index (κ3) is 2.48. The van der Waals surface area contributed by atoms with Crippen molar-refractivity contribution < 1.29 is 9.53 Å². The molecule has 3 heterocycles. The SMILES string of the molecule is COCc1cnc2n1CCN(C(=O)c1cnc(C)cn1)C2C. The van der Waals surface area contributed by atoms with Crippen LogP contribution in [0.5, 0.6) is 0 Å². The number of hydrogen-bond acceptors (Lipinski definition) is 5. The maximum Gasteiger partial charge on any atom is 0.274 e. The van der Waals surface area contributed by atoms with Crippen LogP contribution in [-0.4, -0.2) is 44.0 Å². The van der Waals surface area contributed by atoms with E-state index < -0.39 is 0 Å². The van der Waals surface area contributed by atoms with Gasteiger partial charge in [0.25, 0.3) is 5.91 Å². The van der Waals surface area contributed by atoms with E-state index in [0.29, 0.717) is 25.4 Å². The molecule has 0 fully saturated rings. The monoisotopic (exact) mass is 301 g/mol. The molecule has 22 heavy (non-hydrogen) atoms. The number of hydrogen-bond donors (Lipinski definition) is 0. The van der Waals surface area contributed by atoms with E-state index in [9.17, 15) is 4.79 Å². The Morgan fingerprint density at radius 2 is 2.09 bits per heavy atom. The molecule has 7 nitrogen and oxygen atoms in total. The summed E-state index contributed by atoms with van der Waals surface area (Å²) in [6.07, 6.45) is 4.95. The highest BCUT2D eigenvalue weighted by Crippen LogP contribution is 2.26. The maximum atomic E-state index is 12.6. The first-order valence-electron chi connectivity index (χ1n) is 7.24. The van der Waals surface area contributed by atoms with Gasteiger partial charge in [-0.3, -0.25) is 9.78 Å². The van der Waals surface area contributed by atoms with Gasteiger partial charge < -0.3 is 14.2 Å². The molecule has 0 radical (unpaired) electrons. The summed E-state index contributed by atoms with van der Waals surface area (Å²) < 4.78 is 7.31. The van der Waals surface area contributed by atoms with E-state index in [4.69, 9.17) is 4.74 Å². The molecule has 1 aliphatic heterocycles. The summed E-state index contributed by atoms with van der Waals surface area (Å²) in [6.45, 7) is 5.68. The Morgan fingerprint density at radius 3 is 2.77 bits per heavy atom. The zero-order chi connectivity index (χ0) is 15.7. The fraction of sp³-hybridized carbons (Fsp3) is 0.467. The average Bonchev–Trinajstić information content (AvgIpc) is 2.92. The van der Waals surface area contributed by atoms with Crippen molar-refractivity contribution in [1.82, 2.24) is 24.4 Å². The molecule has 1 unspecified atom stereocenters. The molecule has 116 valence electrons. The van der Waals surface area contributed by atoms with Gasteiger partial charge in [-0.1, -0.05) is 0 Å².